The molecule has 0 fully saturated rings. The van der Waals surface area contributed by atoms with Crippen LogP contribution in [0.1, 0.15) is 309 Å². The summed E-state index contributed by atoms with van der Waals surface area (Å²) in [6.45, 7) is 4.09. The van der Waals surface area contributed by atoms with Gasteiger partial charge in [0.15, 0.2) is 0 Å². The van der Waals surface area contributed by atoms with E-state index in [1.165, 1.54) is 244 Å². The Kier molecular flexibility index (Phi) is 48.8. The first kappa shape index (κ1) is 59.3. The van der Waals surface area contributed by atoms with Gasteiger partial charge in [0.2, 0.25) is 5.91 Å². The molecule has 60 heavy (non-hydrogen) atoms. The summed E-state index contributed by atoms with van der Waals surface area (Å²) >= 11 is 0. The molecule has 0 radical (unpaired) electrons. The maximum Gasteiger partial charge on any atom is 0.249 e. The number of carbonyl (C=O) groups excluding carboxylic acids is 1. The predicted octanol–water partition coefficient (Wildman–Crippen LogP) is 15.5. The number of nitrogens with one attached hydrogen (secondary N) is 1. The van der Waals surface area contributed by atoms with E-state index in [0.717, 1.165) is 38.5 Å². The normalized spacial score (nSPS) is 13.8. The van der Waals surface area contributed by atoms with E-state index in [9.17, 15) is 25.2 Å². The lowest BCUT2D eigenvalue weighted by atomic mass is 9.99. The molecule has 1 amide bonds. The van der Waals surface area contributed by atoms with E-state index in [4.69, 9.17) is 0 Å². The van der Waals surface area contributed by atoms with Gasteiger partial charge in [0, 0.05) is 0 Å². The van der Waals surface area contributed by atoms with E-state index in [-0.39, 0.29) is 0 Å². The molecule has 6 nitrogen and oxygen atoms in total. The van der Waals surface area contributed by atoms with Crippen molar-refractivity contribution in [2.75, 3.05) is 6.61 Å². The first-order valence-corrected chi connectivity index (χ1v) is 27.4. The average Bonchev–Trinajstić information content (AvgIpc) is 3.25. The van der Waals surface area contributed by atoms with E-state index in [0.29, 0.717) is 12.8 Å². The Morgan fingerprint density at radius 3 is 0.800 bits per heavy atom. The van der Waals surface area contributed by atoms with Gasteiger partial charge in [-0.3, -0.25) is 4.79 Å². The van der Waals surface area contributed by atoms with Crippen molar-refractivity contribution in [1.29, 1.82) is 0 Å². The molecule has 0 rings (SSSR count). The predicted molar refractivity (Wildman–Crippen MR) is 261 cm³/mol. The minimum atomic E-state index is -1.25. The second-order valence-electron chi connectivity index (χ2n) is 19.3. The van der Waals surface area contributed by atoms with Crippen LogP contribution in [0.25, 0.3) is 0 Å². The molecule has 0 aliphatic heterocycles. The zero-order valence-corrected chi connectivity index (χ0v) is 40.7. The Morgan fingerprint density at radius 2 is 0.567 bits per heavy atom. The van der Waals surface area contributed by atoms with Crippen LogP contribution in [0.3, 0.4) is 0 Å². The topological polar surface area (TPSA) is 110 Å². The van der Waals surface area contributed by atoms with Gasteiger partial charge in [0.25, 0.3) is 0 Å². The van der Waals surface area contributed by atoms with Crippen LogP contribution in [0, 0.1) is 0 Å². The van der Waals surface area contributed by atoms with Gasteiger partial charge in [-0.2, -0.15) is 0 Å². The lowest BCUT2D eigenvalue weighted by molar-refractivity contribution is -0.132. The summed E-state index contributed by atoms with van der Waals surface area (Å²) in [6.07, 6.45) is 56.0. The third-order valence-corrected chi connectivity index (χ3v) is 13.3. The fourth-order valence-electron chi connectivity index (χ4n) is 9.00. The Labute approximate surface area is 375 Å². The van der Waals surface area contributed by atoms with Crippen LogP contribution in [0.2, 0.25) is 0 Å². The molecular formula is C54H109NO5. The smallest absolute Gasteiger partial charge is 0.249 e. The van der Waals surface area contributed by atoms with Crippen molar-refractivity contribution >= 4 is 5.91 Å². The summed E-state index contributed by atoms with van der Waals surface area (Å²) in [5, 5.41) is 43.9. The first-order valence-electron chi connectivity index (χ1n) is 27.4. The molecule has 0 bridgehead atoms. The van der Waals surface area contributed by atoms with E-state index in [1.54, 1.807) is 0 Å². The van der Waals surface area contributed by atoms with Gasteiger partial charge in [0.1, 0.15) is 12.2 Å². The number of hydrogen-bond donors (Lipinski definition) is 5. The van der Waals surface area contributed by atoms with Crippen molar-refractivity contribution in [1.82, 2.24) is 5.32 Å². The van der Waals surface area contributed by atoms with E-state index < -0.39 is 36.9 Å². The van der Waals surface area contributed by atoms with Crippen LogP contribution >= 0.6 is 0 Å². The monoisotopic (exact) mass is 852 g/mol. The molecule has 0 aromatic rings. The number of rotatable bonds is 51. The van der Waals surface area contributed by atoms with Crippen molar-refractivity contribution < 1.29 is 25.2 Å². The molecule has 0 heterocycles. The van der Waals surface area contributed by atoms with Gasteiger partial charge in [-0.1, -0.05) is 296 Å². The number of carbonyl (C=O) groups is 1. The average molecular weight is 852 g/mol. The number of unbranched alkanes of at least 4 members (excludes halogenated alkanes) is 42. The van der Waals surface area contributed by atoms with Crippen molar-refractivity contribution in [3.05, 3.63) is 0 Å². The number of aliphatic hydroxyl groups is 4. The number of aliphatic hydroxyl groups excluding tert-OH is 4. The van der Waals surface area contributed by atoms with Crippen molar-refractivity contribution in [3.8, 4) is 0 Å². The molecule has 4 unspecified atom stereocenters. The second kappa shape index (κ2) is 49.3. The molecule has 0 aliphatic carbocycles. The van der Waals surface area contributed by atoms with Gasteiger partial charge in [-0.15, -0.1) is 0 Å². The highest BCUT2D eigenvalue weighted by Gasteiger charge is 2.28. The van der Waals surface area contributed by atoms with Crippen LogP contribution in [-0.2, 0) is 4.79 Å². The van der Waals surface area contributed by atoms with Crippen LogP contribution < -0.4 is 5.32 Å². The lowest BCUT2D eigenvalue weighted by Crippen LogP contribution is -2.53. The molecular weight excluding hydrogens is 743 g/mol. The standard InChI is InChI=1S/C54H109NO5/c1-3-5-7-9-11-13-15-17-19-21-22-23-24-25-26-27-28-29-30-31-32-34-36-38-40-42-44-46-48-52(58)54(60)55-50(49-56)53(59)51(57)47-45-43-41-39-37-35-33-20-18-16-14-12-10-8-6-4-2/h50-53,56-59H,3-49H2,1-2H3,(H,55,60). The molecule has 360 valence electrons. The van der Waals surface area contributed by atoms with E-state index >= 15 is 0 Å². The Morgan fingerprint density at radius 1 is 0.350 bits per heavy atom. The summed E-state index contributed by atoms with van der Waals surface area (Å²) in [5.74, 6) is -0.576. The number of hydrogen-bond acceptors (Lipinski definition) is 5. The zero-order chi connectivity index (χ0) is 43.8. The number of amides is 1. The molecule has 4 atom stereocenters. The molecule has 0 aromatic heterocycles. The Balaban J connectivity index is 3.56. The van der Waals surface area contributed by atoms with E-state index in [1.807, 2.05) is 0 Å². The maximum atomic E-state index is 12.6. The molecule has 0 aromatic carbocycles. The van der Waals surface area contributed by atoms with Crippen molar-refractivity contribution in [3.63, 3.8) is 0 Å². The van der Waals surface area contributed by atoms with Gasteiger partial charge >= 0.3 is 0 Å². The highest BCUT2D eigenvalue weighted by Crippen LogP contribution is 2.19. The summed E-state index contributed by atoms with van der Waals surface area (Å²) in [5.41, 5.74) is 0. The molecule has 6 heteroatoms. The molecule has 0 saturated carbocycles. The van der Waals surface area contributed by atoms with Gasteiger partial charge in [-0.05, 0) is 12.8 Å². The molecule has 5 N–H and O–H groups in total. The van der Waals surface area contributed by atoms with E-state index in [2.05, 4.69) is 19.2 Å². The minimum Gasteiger partial charge on any atom is -0.394 e. The van der Waals surface area contributed by atoms with Crippen molar-refractivity contribution in [2.45, 2.75) is 334 Å². The van der Waals surface area contributed by atoms with Crippen LogP contribution in [0.5, 0.6) is 0 Å². The quantitative estimate of drug-likeness (QED) is 0.0392. The second-order valence-corrected chi connectivity index (χ2v) is 19.3. The fourth-order valence-corrected chi connectivity index (χ4v) is 9.00. The lowest BCUT2D eigenvalue weighted by Gasteiger charge is -2.27. The summed E-state index contributed by atoms with van der Waals surface area (Å²) in [6, 6.07) is -0.980. The summed E-state index contributed by atoms with van der Waals surface area (Å²) in [7, 11) is 0. The Bertz CT molecular complexity index is 826. The van der Waals surface area contributed by atoms with Gasteiger partial charge in [-0.25, -0.2) is 0 Å². The third-order valence-electron chi connectivity index (χ3n) is 13.3. The highest BCUT2D eigenvalue weighted by atomic mass is 16.3. The summed E-state index contributed by atoms with van der Waals surface area (Å²) < 4.78 is 0. The molecule has 0 saturated heterocycles. The van der Waals surface area contributed by atoms with Crippen LogP contribution in [-0.4, -0.2) is 57.3 Å². The van der Waals surface area contributed by atoms with Crippen LogP contribution in [0.4, 0.5) is 0 Å². The summed E-state index contributed by atoms with van der Waals surface area (Å²) in [4.78, 5) is 12.6. The SMILES string of the molecule is CCCCCCCCCCCCCCCCCCCCCCCCCCCCCCC(O)C(=O)NC(CO)C(O)C(O)CCCCCCCCCCCCCCCCCC. The fraction of sp³-hybridized carbons (Fsp3) is 0.981. The minimum absolute atomic E-state index is 0.376. The van der Waals surface area contributed by atoms with Crippen molar-refractivity contribution in [2.24, 2.45) is 0 Å². The van der Waals surface area contributed by atoms with Crippen LogP contribution in [0.15, 0.2) is 0 Å². The largest absolute Gasteiger partial charge is 0.394 e. The third kappa shape index (κ3) is 42.6. The first-order chi connectivity index (χ1) is 29.5. The Hall–Kier alpha value is -0.690. The zero-order valence-electron chi connectivity index (χ0n) is 40.7. The van der Waals surface area contributed by atoms with Gasteiger partial charge in [0.05, 0.1) is 18.8 Å². The maximum absolute atomic E-state index is 12.6. The molecule has 0 aliphatic rings. The van der Waals surface area contributed by atoms with Gasteiger partial charge < -0.3 is 25.7 Å². The molecule has 0 spiro atoms. The highest BCUT2D eigenvalue weighted by molar-refractivity contribution is 5.80.